The van der Waals surface area contributed by atoms with Gasteiger partial charge < -0.3 is 9.84 Å². The zero-order chi connectivity index (χ0) is 20.3. The number of aliphatic hydroxyl groups excluding tert-OH is 1. The minimum Gasteiger partial charge on any atom is -0.465 e. The van der Waals surface area contributed by atoms with Gasteiger partial charge in [0.1, 0.15) is 0 Å². The van der Waals surface area contributed by atoms with Crippen LogP contribution >= 0.6 is 23.4 Å². The van der Waals surface area contributed by atoms with Crippen molar-refractivity contribution in [2.24, 2.45) is 0 Å². The summed E-state index contributed by atoms with van der Waals surface area (Å²) in [5.41, 5.74) is 1.73. The SMILES string of the molecule is COC(=O)c1ccc(CSc2nc3cc(Cl)ccc3c(=O)n2C[C@H](C)O)cc1. The summed E-state index contributed by atoms with van der Waals surface area (Å²) in [6.07, 6.45) is -0.692. The molecule has 1 aromatic heterocycles. The number of hydrogen-bond acceptors (Lipinski definition) is 6. The number of halogens is 1. The van der Waals surface area contributed by atoms with E-state index in [1.807, 2.05) is 12.1 Å². The Hall–Kier alpha value is -2.35. The summed E-state index contributed by atoms with van der Waals surface area (Å²) >= 11 is 7.42. The number of esters is 1. The minimum atomic E-state index is -0.692. The number of ether oxygens (including phenoxy) is 1. The number of carbonyl (C=O) groups excluding carboxylic acids is 1. The molecule has 8 heteroatoms. The van der Waals surface area contributed by atoms with Crippen molar-refractivity contribution >= 4 is 40.2 Å². The second kappa shape index (κ2) is 8.77. The molecule has 0 radical (unpaired) electrons. The average Bonchev–Trinajstić information content (AvgIpc) is 2.68. The van der Waals surface area contributed by atoms with Crippen molar-refractivity contribution in [3.05, 3.63) is 69.0 Å². The number of methoxy groups -OCH3 is 1. The molecule has 0 fully saturated rings. The van der Waals surface area contributed by atoms with Crippen LogP contribution < -0.4 is 5.56 Å². The van der Waals surface area contributed by atoms with Crippen LogP contribution in [0.15, 0.2) is 52.4 Å². The summed E-state index contributed by atoms with van der Waals surface area (Å²) in [6.45, 7) is 1.77. The van der Waals surface area contributed by atoms with Crippen molar-refractivity contribution in [2.45, 2.75) is 30.5 Å². The summed E-state index contributed by atoms with van der Waals surface area (Å²) < 4.78 is 6.18. The highest BCUT2D eigenvalue weighted by molar-refractivity contribution is 7.98. The third kappa shape index (κ3) is 4.55. The molecule has 0 aliphatic carbocycles. The van der Waals surface area contributed by atoms with Crippen molar-refractivity contribution in [3.63, 3.8) is 0 Å². The Balaban J connectivity index is 1.92. The molecule has 146 valence electrons. The minimum absolute atomic E-state index is 0.147. The first-order valence-corrected chi connectivity index (χ1v) is 9.93. The maximum atomic E-state index is 12.9. The van der Waals surface area contributed by atoms with Gasteiger partial charge in [-0.1, -0.05) is 35.5 Å². The van der Waals surface area contributed by atoms with Gasteiger partial charge in [0.25, 0.3) is 5.56 Å². The largest absolute Gasteiger partial charge is 0.465 e. The van der Waals surface area contributed by atoms with Gasteiger partial charge >= 0.3 is 5.97 Å². The Morgan fingerprint density at radius 1 is 1.29 bits per heavy atom. The lowest BCUT2D eigenvalue weighted by atomic mass is 10.1. The van der Waals surface area contributed by atoms with Gasteiger partial charge in [-0.05, 0) is 42.8 Å². The lowest BCUT2D eigenvalue weighted by Crippen LogP contribution is -2.27. The third-order valence-corrected chi connectivity index (χ3v) is 5.35. The molecular formula is C20H19ClN2O4S. The van der Waals surface area contributed by atoms with E-state index < -0.39 is 12.1 Å². The molecule has 0 unspecified atom stereocenters. The first-order valence-electron chi connectivity index (χ1n) is 8.57. The zero-order valence-electron chi connectivity index (χ0n) is 15.4. The second-order valence-corrected chi connectivity index (χ2v) is 7.68. The molecule has 0 aliphatic heterocycles. The smallest absolute Gasteiger partial charge is 0.337 e. The maximum absolute atomic E-state index is 12.9. The van der Waals surface area contributed by atoms with Crippen LogP contribution in [0.2, 0.25) is 5.02 Å². The number of fused-ring (bicyclic) bond motifs is 1. The number of rotatable bonds is 6. The monoisotopic (exact) mass is 418 g/mol. The van der Waals surface area contributed by atoms with Gasteiger partial charge in [0.15, 0.2) is 5.16 Å². The molecule has 0 bridgehead atoms. The highest BCUT2D eigenvalue weighted by Gasteiger charge is 2.14. The van der Waals surface area contributed by atoms with E-state index in [-0.39, 0.29) is 12.1 Å². The maximum Gasteiger partial charge on any atom is 0.337 e. The van der Waals surface area contributed by atoms with E-state index in [2.05, 4.69) is 4.98 Å². The number of hydrogen-bond donors (Lipinski definition) is 1. The highest BCUT2D eigenvalue weighted by Crippen LogP contribution is 2.24. The summed E-state index contributed by atoms with van der Waals surface area (Å²) in [6, 6.07) is 12.0. The van der Waals surface area contributed by atoms with Crippen LogP contribution in [0.25, 0.3) is 10.9 Å². The molecule has 0 amide bonds. The van der Waals surface area contributed by atoms with Crippen LogP contribution in [0.4, 0.5) is 0 Å². The molecule has 6 nitrogen and oxygen atoms in total. The molecule has 2 aromatic carbocycles. The fraction of sp³-hybridized carbons (Fsp3) is 0.250. The lowest BCUT2D eigenvalue weighted by molar-refractivity contribution is 0.0600. The topological polar surface area (TPSA) is 81.4 Å². The van der Waals surface area contributed by atoms with Crippen molar-refractivity contribution in [3.8, 4) is 0 Å². The van der Waals surface area contributed by atoms with E-state index in [1.165, 1.54) is 23.4 Å². The molecule has 3 rings (SSSR count). The average molecular weight is 419 g/mol. The van der Waals surface area contributed by atoms with E-state index in [1.54, 1.807) is 37.3 Å². The lowest BCUT2D eigenvalue weighted by Gasteiger charge is -2.14. The first-order chi connectivity index (χ1) is 13.4. The van der Waals surface area contributed by atoms with Crippen molar-refractivity contribution in [2.75, 3.05) is 7.11 Å². The third-order valence-electron chi connectivity index (χ3n) is 4.07. The van der Waals surface area contributed by atoms with Crippen LogP contribution in [0, 0.1) is 0 Å². The molecule has 1 heterocycles. The van der Waals surface area contributed by atoms with E-state index in [0.29, 0.717) is 32.4 Å². The molecule has 1 N–H and O–H groups in total. The fourth-order valence-corrected chi connectivity index (χ4v) is 3.84. The number of benzene rings is 2. The Morgan fingerprint density at radius 3 is 2.64 bits per heavy atom. The Kier molecular flexibility index (Phi) is 6.39. The summed E-state index contributed by atoms with van der Waals surface area (Å²) in [5, 5.41) is 11.3. The summed E-state index contributed by atoms with van der Waals surface area (Å²) in [4.78, 5) is 29.0. The fourth-order valence-electron chi connectivity index (χ4n) is 2.71. The van der Waals surface area contributed by atoms with E-state index in [4.69, 9.17) is 16.3 Å². The molecule has 1 atom stereocenters. The molecule has 3 aromatic rings. The van der Waals surface area contributed by atoms with Gasteiger partial charge in [0, 0.05) is 10.8 Å². The van der Waals surface area contributed by atoms with Crippen LogP contribution in [0.5, 0.6) is 0 Å². The predicted octanol–water partition coefficient (Wildman–Crippen LogP) is 3.51. The van der Waals surface area contributed by atoms with Gasteiger partial charge in [-0.15, -0.1) is 0 Å². The number of thioether (sulfide) groups is 1. The quantitative estimate of drug-likeness (QED) is 0.375. The van der Waals surface area contributed by atoms with Gasteiger partial charge in [-0.3, -0.25) is 9.36 Å². The molecule has 0 saturated heterocycles. The standard InChI is InChI=1S/C20H19ClN2O4S/c1-12(24)10-23-18(25)16-8-7-15(21)9-17(16)22-20(23)28-11-13-3-5-14(6-4-13)19(26)27-2/h3-9,12,24H,10-11H2,1-2H3/t12-/m0/s1. The second-order valence-electron chi connectivity index (χ2n) is 6.30. The van der Waals surface area contributed by atoms with Gasteiger partial charge in [0.2, 0.25) is 0 Å². The molecule has 0 saturated carbocycles. The van der Waals surface area contributed by atoms with Crippen LogP contribution in [-0.2, 0) is 17.0 Å². The number of aromatic nitrogens is 2. The van der Waals surface area contributed by atoms with Crippen molar-refractivity contribution < 1.29 is 14.6 Å². The Bertz CT molecular complexity index is 1060. The zero-order valence-corrected chi connectivity index (χ0v) is 17.0. The van der Waals surface area contributed by atoms with Gasteiger partial charge in [-0.2, -0.15) is 0 Å². The molecule has 28 heavy (non-hydrogen) atoms. The normalized spacial score (nSPS) is 12.1. The number of aliphatic hydroxyl groups is 1. The van der Waals surface area contributed by atoms with Crippen LogP contribution in [0.3, 0.4) is 0 Å². The van der Waals surface area contributed by atoms with Crippen LogP contribution in [-0.4, -0.2) is 33.8 Å². The highest BCUT2D eigenvalue weighted by atomic mass is 35.5. The van der Waals surface area contributed by atoms with Crippen molar-refractivity contribution in [1.29, 1.82) is 0 Å². The summed E-state index contributed by atoms with van der Waals surface area (Å²) in [7, 11) is 1.34. The number of carbonyl (C=O) groups is 1. The molecule has 0 aliphatic rings. The predicted molar refractivity (Wildman–Crippen MR) is 110 cm³/mol. The van der Waals surface area contributed by atoms with E-state index in [0.717, 1.165) is 5.56 Å². The Morgan fingerprint density at radius 2 is 2.00 bits per heavy atom. The van der Waals surface area contributed by atoms with Gasteiger partial charge in [0.05, 0.1) is 36.2 Å². The molecular weight excluding hydrogens is 400 g/mol. The van der Waals surface area contributed by atoms with Gasteiger partial charge in [-0.25, -0.2) is 9.78 Å². The van der Waals surface area contributed by atoms with E-state index in [9.17, 15) is 14.7 Å². The Labute approximate surface area is 171 Å². The van der Waals surface area contributed by atoms with Crippen molar-refractivity contribution in [1.82, 2.24) is 9.55 Å². The molecule has 0 spiro atoms. The first kappa shape index (κ1) is 20.4. The van der Waals surface area contributed by atoms with Crippen LogP contribution in [0.1, 0.15) is 22.8 Å². The van der Waals surface area contributed by atoms with E-state index >= 15 is 0 Å². The summed E-state index contributed by atoms with van der Waals surface area (Å²) in [5.74, 6) is 0.151. The number of nitrogens with zero attached hydrogens (tertiary/aromatic N) is 2.